The van der Waals surface area contributed by atoms with E-state index in [0.717, 1.165) is 29.2 Å². The maximum atomic E-state index is 6.02. The third-order valence-electron chi connectivity index (χ3n) is 3.37. The predicted octanol–water partition coefficient (Wildman–Crippen LogP) is 3.70. The Balaban J connectivity index is 2.05. The lowest BCUT2D eigenvalue weighted by molar-refractivity contribution is 0.320. The highest BCUT2D eigenvalue weighted by molar-refractivity contribution is 6.30. The number of halogens is 1. The molecule has 2 nitrogen and oxygen atoms in total. The van der Waals surface area contributed by atoms with Crippen molar-refractivity contribution < 1.29 is 9.47 Å². The number of methoxy groups -OCH3 is 1. The van der Waals surface area contributed by atoms with Gasteiger partial charge in [0.05, 0.1) is 19.3 Å². The first kappa shape index (κ1) is 12.7. The normalized spacial score (nSPS) is 24.5. The largest absolute Gasteiger partial charge is 0.496 e. The summed E-state index contributed by atoms with van der Waals surface area (Å²) in [6, 6.07) is 5.77. The number of epoxide rings is 1. The second kappa shape index (κ2) is 5.28. The summed E-state index contributed by atoms with van der Waals surface area (Å²) in [4.78, 5) is 0. The first-order valence-corrected chi connectivity index (χ1v) is 6.51. The van der Waals surface area contributed by atoms with Crippen LogP contribution in [-0.4, -0.2) is 19.3 Å². The van der Waals surface area contributed by atoms with Crippen LogP contribution in [-0.2, 0) is 11.2 Å². The van der Waals surface area contributed by atoms with Crippen molar-refractivity contribution in [3.63, 3.8) is 0 Å². The van der Waals surface area contributed by atoms with Crippen molar-refractivity contribution in [2.24, 2.45) is 5.92 Å². The lowest BCUT2D eigenvalue weighted by Gasteiger charge is -2.12. The maximum absolute atomic E-state index is 6.02. The van der Waals surface area contributed by atoms with E-state index in [4.69, 9.17) is 21.1 Å². The van der Waals surface area contributed by atoms with Gasteiger partial charge >= 0.3 is 0 Å². The van der Waals surface area contributed by atoms with Crippen LogP contribution < -0.4 is 4.74 Å². The number of ether oxygens (including phenoxy) is 2. The van der Waals surface area contributed by atoms with E-state index in [-0.39, 0.29) is 0 Å². The molecule has 1 fully saturated rings. The van der Waals surface area contributed by atoms with Crippen molar-refractivity contribution in [1.82, 2.24) is 0 Å². The summed E-state index contributed by atoms with van der Waals surface area (Å²) in [5, 5.41) is 0.761. The van der Waals surface area contributed by atoms with Gasteiger partial charge in [-0.25, -0.2) is 0 Å². The topological polar surface area (TPSA) is 21.8 Å². The molecule has 3 unspecified atom stereocenters. The lowest BCUT2D eigenvalue weighted by Crippen LogP contribution is -2.10. The summed E-state index contributed by atoms with van der Waals surface area (Å²) in [6.07, 6.45) is 2.91. The third kappa shape index (κ3) is 2.93. The SMILES string of the molecule is CCC1OC1C(C)Cc1cc(Cl)ccc1OC. The van der Waals surface area contributed by atoms with Gasteiger partial charge in [-0.3, -0.25) is 0 Å². The second-order valence-electron chi connectivity index (χ2n) is 4.68. The van der Waals surface area contributed by atoms with Crippen molar-refractivity contribution in [3.8, 4) is 5.75 Å². The van der Waals surface area contributed by atoms with E-state index < -0.39 is 0 Å². The number of hydrogen-bond acceptors (Lipinski definition) is 2. The molecule has 1 saturated heterocycles. The molecular weight excluding hydrogens is 236 g/mol. The summed E-state index contributed by atoms with van der Waals surface area (Å²) in [5.74, 6) is 1.42. The molecule has 1 heterocycles. The monoisotopic (exact) mass is 254 g/mol. The van der Waals surface area contributed by atoms with E-state index in [1.54, 1.807) is 7.11 Å². The zero-order valence-corrected chi connectivity index (χ0v) is 11.3. The minimum absolute atomic E-state index is 0.406. The summed E-state index contributed by atoms with van der Waals surface area (Å²) in [5.41, 5.74) is 1.16. The highest BCUT2D eigenvalue weighted by Crippen LogP contribution is 2.35. The first-order chi connectivity index (χ1) is 8.15. The highest BCUT2D eigenvalue weighted by atomic mass is 35.5. The van der Waals surface area contributed by atoms with Gasteiger partial charge in [0.1, 0.15) is 5.75 Å². The Labute approximate surface area is 108 Å². The minimum atomic E-state index is 0.406. The molecule has 0 radical (unpaired) electrons. The molecule has 0 aromatic heterocycles. The van der Waals surface area contributed by atoms with Crippen molar-refractivity contribution in [2.45, 2.75) is 38.9 Å². The molecule has 1 aromatic carbocycles. The van der Waals surface area contributed by atoms with Gasteiger partial charge in [0.25, 0.3) is 0 Å². The van der Waals surface area contributed by atoms with Crippen molar-refractivity contribution in [2.75, 3.05) is 7.11 Å². The average Bonchev–Trinajstić information content (AvgIpc) is 3.08. The van der Waals surface area contributed by atoms with Crippen LogP contribution >= 0.6 is 11.6 Å². The van der Waals surface area contributed by atoms with Crippen LogP contribution in [0.4, 0.5) is 0 Å². The zero-order valence-electron chi connectivity index (χ0n) is 10.6. The quantitative estimate of drug-likeness (QED) is 0.748. The molecule has 1 aliphatic rings. The molecule has 17 heavy (non-hydrogen) atoms. The van der Waals surface area contributed by atoms with Gasteiger partial charge in [0.15, 0.2) is 0 Å². The molecule has 0 amide bonds. The fourth-order valence-corrected chi connectivity index (χ4v) is 2.55. The van der Waals surface area contributed by atoms with Crippen LogP contribution in [0.1, 0.15) is 25.8 Å². The Kier molecular flexibility index (Phi) is 3.95. The molecule has 1 aromatic rings. The number of rotatable bonds is 5. The summed E-state index contributed by atoms with van der Waals surface area (Å²) in [7, 11) is 1.69. The van der Waals surface area contributed by atoms with Gasteiger partial charge in [-0.1, -0.05) is 25.4 Å². The van der Waals surface area contributed by atoms with Gasteiger partial charge in [0.2, 0.25) is 0 Å². The van der Waals surface area contributed by atoms with Gasteiger partial charge in [-0.15, -0.1) is 0 Å². The Morgan fingerprint density at radius 3 is 2.82 bits per heavy atom. The molecule has 3 atom stereocenters. The van der Waals surface area contributed by atoms with E-state index in [2.05, 4.69) is 13.8 Å². The third-order valence-corrected chi connectivity index (χ3v) is 3.60. The van der Waals surface area contributed by atoms with Crippen molar-refractivity contribution in [3.05, 3.63) is 28.8 Å². The molecule has 1 aliphatic heterocycles. The molecule has 3 heteroatoms. The molecule has 2 rings (SSSR count). The first-order valence-electron chi connectivity index (χ1n) is 6.13. The number of hydrogen-bond donors (Lipinski definition) is 0. The Bertz CT molecular complexity index is 392. The van der Waals surface area contributed by atoms with Crippen LogP contribution in [0.5, 0.6) is 5.75 Å². The molecule has 0 bridgehead atoms. The van der Waals surface area contributed by atoms with Crippen LogP contribution in [0.15, 0.2) is 18.2 Å². The molecule has 0 N–H and O–H groups in total. The van der Waals surface area contributed by atoms with Crippen LogP contribution in [0.3, 0.4) is 0 Å². The van der Waals surface area contributed by atoms with Crippen molar-refractivity contribution >= 4 is 11.6 Å². The fraction of sp³-hybridized carbons (Fsp3) is 0.571. The van der Waals surface area contributed by atoms with E-state index in [0.29, 0.717) is 18.1 Å². The van der Waals surface area contributed by atoms with Crippen LogP contribution in [0, 0.1) is 5.92 Å². The molecular formula is C14H19ClO2. The highest BCUT2D eigenvalue weighted by Gasteiger charge is 2.41. The van der Waals surface area contributed by atoms with Crippen LogP contribution in [0.25, 0.3) is 0 Å². The van der Waals surface area contributed by atoms with Crippen molar-refractivity contribution in [1.29, 1.82) is 0 Å². The molecule has 0 saturated carbocycles. The second-order valence-corrected chi connectivity index (χ2v) is 5.12. The zero-order chi connectivity index (χ0) is 12.4. The van der Waals surface area contributed by atoms with Gasteiger partial charge < -0.3 is 9.47 Å². The Hall–Kier alpha value is -0.730. The van der Waals surface area contributed by atoms with Gasteiger partial charge in [0, 0.05) is 5.02 Å². The van der Waals surface area contributed by atoms with Gasteiger partial charge in [-0.05, 0) is 42.5 Å². The van der Waals surface area contributed by atoms with E-state index in [9.17, 15) is 0 Å². The van der Waals surface area contributed by atoms with E-state index in [1.807, 2.05) is 18.2 Å². The number of benzene rings is 1. The van der Waals surface area contributed by atoms with E-state index in [1.165, 1.54) is 0 Å². The smallest absolute Gasteiger partial charge is 0.122 e. The average molecular weight is 255 g/mol. The Morgan fingerprint density at radius 2 is 2.24 bits per heavy atom. The minimum Gasteiger partial charge on any atom is -0.496 e. The molecule has 0 aliphatic carbocycles. The lowest BCUT2D eigenvalue weighted by atomic mass is 9.95. The van der Waals surface area contributed by atoms with Crippen LogP contribution in [0.2, 0.25) is 5.02 Å². The standard InChI is InChI=1S/C14H19ClO2/c1-4-12-14(17-12)9(2)7-10-8-11(15)5-6-13(10)16-3/h5-6,8-9,12,14H,4,7H2,1-3H3. The fourth-order valence-electron chi connectivity index (χ4n) is 2.36. The summed E-state index contributed by atoms with van der Waals surface area (Å²) < 4.78 is 11.0. The molecule has 94 valence electrons. The van der Waals surface area contributed by atoms with E-state index >= 15 is 0 Å². The molecule has 0 spiro atoms. The Morgan fingerprint density at radius 1 is 1.47 bits per heavy atom. The summed E-state index contributed by atoms with van der Waals surface area (Å²) in [6.45, 7) is 4.39. The summed E-state index contributed by atoms with van der Waals surface area (Å²) >= 11 is 6.02. The maximum Gasteiger partial charge on any atom is 0.122 e. The van der Waals surface area contributed by atoms with Gasteiger partial charge in [-0.2, -0.15) is 0 Å². The predicted molar refractivity (Wildman–Crippen MR) is 69.8 cm³/mol.